The second kappa shape index (κ2) is 6.45. The van der Waals surface area contributed by atoms with Crippen LogP contribution in [0.25, 0.3) is 0 Å². The van der Waals surface area contributed by atoms with E-state index in [1.54, 1.807) is 11.8 Å². The summed E-state index contributed by atoms with van der Waals surface area (Å²) >= 11 is 5.10. The third-order valence-electron chi connectivity index (χ3n) is 1.78. The van der Waals surface area contributed by atoms with E-state index < -0.39 is 0 Å². The second-order valence-electron chi connectivity index (χ2n) is 3.04. The summed E-state index contributed by atoms with van der Waals surface area (Å²) in [6, 6.07) is 8.22. The maximum absolute atomic E-state index is 8.67. The molecule has 0 fully saturated rings. The molecule has 1 aromatic rings. The molecule has 4 heteroatoms. The van der Waals surface area contributed by atoms with Crippen LogP contribution >= 0.6 is 27.7 Å². The van der Waals surface area contributed by atoms with Crippen LogP contribution in [0.3, 0.4) is 0 Å². The van der Waals surface area contributed by atoms with Gasteiger partial charge in [0, 0.05) is 27.8 Å². The molecule has 1 rings (SSSR count). The number of aliphatic hydroxyl groups excluding tert-OH is 1. The van der Waals surface area contributed by atoms with Crippen molar-refractivity contribution in [3.05, 3.63) is 28.7 Å². The van der Waals surface area contributed by atoms with Crippen molar-refractivity contribution in [3.8, 4) is 0 Å². The van der Waals surface area contributed by atoms with Crippen LogP contribution in [0.1, 0.15) is 6.42 Å². The van der Waals surface area contributed by atoms with Crippen molar-refractivity contribution in [2.45, 2.75) is 17.4 Å². The molecular weight excluding hydrogens is 262 g/mol. The number of rotatable bonds is 5. The fourth-order valence-corrected chi connectivity index (χ4v) is 2.15. The van der Waals surface area contributed by atoms with Gasteiger partial charge in [-0.25, -0.2) is 0 Å². The Hall–Kier alpha value is -0.0300. The molecule has 1 atom stereocenters. The minimum Gasteiger partial charge on any atom is -0.396 e. The zero-order valence-electron chi connectivity index (χ0n) is 7.82. The molecular formula is C10H14BrNOS. The van der Waals surface area contributed by atoms with Crippen LogP contribution in [0.15, 0.2) is 33.6 Å². The van der Waals surface area contributed by atoms with Crippen LogP contribution < -0.4 is 5.73 Å². The number of benzene rings is 1. The predicted molar refractivity (Wildman–Crippen MR) is 64.5 cm³/mol. The first-order chi connectivity index (χ1) is 6.72. The van der Waals surface area contributed by atoms with E-state index in [4.69, 9.17) is 10.8 Å². The zero-order valence-corrected chi connectivity index (χ0v) is 10.2. The van der Waals surface area contributed by atoms with Gasteiger partial charge in [0.2, 0.25) is 0 Å². The summed E-state index contributed by atoms with van der Waals surface area (Å²) < 4.78 is 1.08. The quantitative estimate of drug-likeness (QED) is 0.811. The highest BCUT2D eigenvalue weighted by Crippen LogP contribution is 2.21. The lowest BCUT2D eigenvalue weighted by Gasteiger charge is -2.08. The molecule has 0 aliphatic rings. The molecule has 78 valence electrons. The minimum atomic E-state index is 0.0775. The molecule has 0 saturated carbocycles. The second-order valence-corrected chi connectivity index (χ2v) is 5.05. The van der Waals surface area contributed by atoms with Gasteiger partial charge in [0.25, 0.3) is 0 Å². The summed E-state index contributed by atoms with van der Waals surface area (Å²) in [5.41, 5.74) is 5.77. The van der Waals surface area contributed by atoms with Gasteiger partial charge in [-0.05, 0) is 30.7 Å². The summed E-state index contributed by atoms with van der Waals surface area (Å²) in [5, 5.41) is 8.67. The maximum atomic E-state index is 8.67. The lowest BCUT2D eigenvalue weighted by atomic mass is 10.3. The van der Waals surface area contributed by atoms with Crippen molar-refractivity contribution in [2.24, 2.45) is 5.73 Å². The van der Waals surface area contributed by atoms with Crippen molar-refractivity contribution in [1.82, 2.24) is 0 Å². The van der Waals surface area contributed by atoms with Gasteiger partial charge in [-0.1, -0.05) is 15.9 Å². The summed E-state index contributed by atoms with van der Waals surface area (Å²) in [5.74, 6) is 0.849. The SMILES string of the molecule is NC(CCO)CSc1ccc(Br)cc1. The number of thioether (sulfide) groups is 1. The van der Waals surface area contributed by atoms with E-state index in [1.807, 2.05) is 12.1 Å². The van der Waals surface area contributed by atoms with Crippen molar-refractivity contribution >= 4 is 27.7 Å². The van der Waals surface area contributed by atoms with E-state index in [9.17, 15) is 0 Å². The van der Waals surface area contributed by atoms with Crippen molar-refractivity contribution < 1.29 is 5.11 Å². The van der Waals surface area contributed by atoms with E-state index in [0.717, 1.165) is 10.2 Å². The average Bonchev–Trinajstić information content (AvgIpc) is 2.17. The molecule has 1 unspecified atom stereocenters. The Morgan fingerprint density at radius 1 is 1.36 bits per heavy atom. The van der Waals surface area contributed by atoms with Crippen LogP contribution in [0, 0.1) is 0 Å². The standard InChI is InChI=1S/C10H14BrNOS/c11-8-1-3-10(4-2-8)14-7-9(12)5-6-13/h1-4,9,13H,5-7,12H2. The third-order valence-corrected chi connectivity index (χ3v) is 3.51. The summed E-state index contributed by atoms with van der Waals surface area (Å²) in [4.78, 5) is 1.21. The molecule has 3 N–H and O–H groups in total. The van der Waals surface area contributed by atoms with Gasteiger partial charge in [0.05, 0.1) is 0 Å². The number of aliphatic hydroxyl groups is 1. The van der Waals surface area contributed by atoms with Gasteiger partial charge in [-0.15, -0.1) is 11.8 Å². The highest BCUT2D eigenvalue weighted by atomic mass is 79.9. The van der Waals surface area contributed by atoms with E-state index in [1.165, 1.54) is 4.90 Å². The lowest BCUT2D eigenvalue weighted by Crippen LogP contribution is -2.23. The molecule has 0 amide bonds. The Labute approximate surface area is 97.0 Å². The van der Waals surface area contributed by atoms with E-state index in [-0.39, 0.29) is 12.6 Å². The van der Waals surface area contributed by atoms with Gasteiger partial charge < -0.3 is 10.8 Å². The summed E-state index contributed by atoms with van der Waals surface area (Å²) in [6.07, 6.45) is 0.670. The van der Waals surface area contributed by atoms with E-state index in [0.29, 0.717) is 6.42 Å². The zero-order chi connectivity index (χ0) is 10.4. The normalized spacial score (nSPS) is 12.8. The fourth-order valence-electron chi connectivity index (χ4n) is 0.983. The van der Waals surface area contributed by atoms with E-state index >= 15 is 0 Å². The third kappa shape index (κ3) is 4.46. The van der Waals surface area contributed by atoms with E-state index in [2.05, 4.69) is 28.1 Å². The van der Waals surface area contributed by atoms with Crippen molar-refractivity contribution in [2.75, 3.05) is 12.4 Å². The van der Waals surface area contributed by atoms with Crippen molar-refractivity contribution in [1.29, 1.82) is 0 Å². The largest absolute Gasteiger partial charge is 0.396 e. The van der Waals surface area contributed by atoms with Gasteiger partial charge in [-0.3, -0.25) is 0 Å². The molecule has 0 bridgehead atoms. The molecule has 2 nitrogen and oxygen atoms in total. The number of hydrogen-bond donors (Lipinski definition) is 2. The van der Waals surface area contributed by atoms with Crippen molar-refractivity contribution in [3.63, 3.8) is 0 Å². The Morgan fingerprint density at radius 3 is 2.57 bits per heavy atom. The topological polar surface area (TPSA) is 46.2 Å². The predicted octanol–water partition coefficient (Wildman–Crippen LogP) is 2.25. The van der Waals surface area contributed by atoms with Gasteiger partial charge in [-0.2, -0.15) is 0 Å². The minimum absolute atomic E-state index is 0.0775. The Kier molecular flexibility index (Phi) is 5.55. The fraction of sp³-hybridized carbons (Fsp3) is 0.400. The van der Waals surface area contributed by atoms with Gasteiger partial charge in [0.1, 0.15) is 0 Å². The Bertz CT molecular complexity index is 265. The van der Waals surface area contributed by atoms with Gasteiger partial charge >= 0.3 is 0 Å². The van der Waals surface area contributed by atoms with Crippen LogP contribution in [-0.2, 0) is 0 Å². The van der Waals surface area contributed by atoms with Crippen LogP contribution in [-0.4, -0.2) is 23.5 Å². The summed E-state index contributed by atoms with van der Waals surface area (Å²) in [6.45, 7) is 0.169. The molecule has 0 saturated heterocycles. The first kappa shape index (κ1) is 12.0. The molecule has 0 aromatic heterocycles. The molecule has 14 heavy (non-hydrogen) atoms. The Morgan fingerprint density at radius 2 is 2.00 bits per heavy atom. The summed E-state index contributed by atoms with van der Waals surface area (Å²) in [7, 11) is 0. The average molecular weight is 276 g/mol. The first-order valence-electron chi connectivity index (χ1n) is 4.47. The molecule has 0 aliphatic heterocycles. The Balaban J connectivity index is 2.34. The molecule has 1 aromatic carbocycles. The number of halogens is 1. The molecule has 0 heterocycles. The number of hydrogen-bond acceptors (Lipinski definition) is 3. The van der Waals surface area contributed by atoms with Crippen LogP contribution in [0.5, 0.6) is 0 Å². The monoisotopic (exact) mass is 275 g/mol. The molecule has 0 radical (unpaired) electrons. The highest BCUT2D eigenvalue weighted by Gasteiger charge is 2.02. The smallest absolute Gasteiger partial charge is 0.0446 e. The van der Waals surface area contributed by atoms with Crippen LogP contribution in [0.2, 0.25) is 0 Å². The number of nitrogens with two attached hydrogens (primary N) is 1. The molecule has 0 spiro atoms. The molecule has 0 aliphatic carbocycles. The van der Waals surface area contributed by atoms with Gasteiger partial charge in [0.15, 0.2) is 0 Å². The maximum Gasteiger partial charge on any atom is 0.0446 e. The first-order valence-corrected chi connectivity index (χ1v) is 6.25. The highest BCUT2D eigenvalue weighted by molar-refractivity contribution is 9.10. The van der Waals surface area contributed by atoms with Crippen LogP contribution in [0.4, 0.5) is 0 Å². The lowest BCUT2D eigenvalue weighted by molar-refractivity contribution is 0.279.